The number of allylic oxidation sites excluding steroid dienone is 4. The molecule has 0 aromatic heterocycles. The monoisotopic (exact) mass is 1330 g/mol. The highest BCUT2D eigenvalue weighted by molar-refractivity contribution is 9.11. The van der Waals surface area contributed by atoms with E-state index in [4.69, 9.17) is 0 Å². The van der Waals surface area contributed by atoms with Crippen LogP contribution in [0, 0.1) is 23.3 Å². The van der Waals surface area contributed by atoms with Crippen molar-refractivity contribution in [2.45, 2.75) is 12.3 Å². The van der Waals surface area contributed by atoms with Crippen LogP contribution in [-0.2, 0) is 0 Å². The lowest BCUT2D eigenvalue weighted by molar-refractivity contribution is 0.0570. The third kappa shape index (κ3) is 17.9. The molecule has 10 rings (SSSR count). The summed E-state index contributed by atoms with van der Waals surface area (Å²) >= 11 is 13.5. The van der Waals surface area contributed by atoms with E-state index in [1.807, 2.05) is 97.1 Å². The second-order valence-corrected chi connectivity index (χ2v) is 20.4. The molecular weight excluding hydrogens is 1290 g/mol. The lowest BCUT2D eigenvalue weighted by atomic mass is 9.97. The Kier molecular flexibility index (Phi) is 23.1. The quantitative estimate of drug-likeness (QED) is 0.101. The van der Waals surface area contributed by atoms with Gasteiger partial charge in [-0.2, -0.15) is 0 Å². The fraction of sp³-hybridized carbons (Fsp3) is 0.0308. The maximum Gasteiger partial charge on any atom is 0.270 e. The van der Waals surface area contributed by atoms with Crippen LogP contribution in [0.4, 0.5) is 26.3 Å². The Hall–Kier alpha value is -7.69. The van der Waals surface area contributed by atoms with Crippen LogP contribution in [0.25, 0.3) is 0 Å². The van der Waals surface area contributed by atoms with Gasteiger partial charge in [-0.15, -0.1) is 0 Å². The van der Waals surface area contributed by atoms with Gasteiger partial charge >= 0.3 is 0 Å². The van der Waals surface area contributed by atoms with Crippen molar-refractivity contribution in [1.82, 2.24) is 0 Å². The van der Waals surface area contributed by atoms with Gasteiger partial charge in [0.15, 0.2) is 28.9 Å². The van der Waals surface area contributed by atoms with Crippen LogP contribution in [0.15, 0.2) is 266 Å². The zero-order chi connectivity index (χ0) is 57.8. The fourth-order valence-electron chi connectivity index (χ4n) is 7.19. The molecule has 80 heavy (non-hydrogen) atoms. The average molecular weight is 1340 g/mol. The summed E-state index contributed by atoms with van der Waals surface area (Å²) in [6.45, 7) is 0. The largest absolute Gasteiger partial charge is 0.289 e. The van der Waals surface area contributed by atoms with Gasteiger partial charge < -0.3 is 0 Å². The van der Waals surface area contributed by atoms with Gasteiger partial charge in [0, 0.05) is 63.3 Å². The normalized spacial score (nSPS) is 11.7. The predicted molar refractivity (Wildman–Crippen MR) is 313 cm³/mol. The van der Waals surface area contributed by atoms with E-state index in [9.17, 15) is 50.3 Å². The lowest BCUT2D eigenvalue weighted by Gasteiger charge is -2.14. The maximum atomic E-state index is 13.3. The van der Waals surface area contributed by atoms with Crippen LogP contribution in [-0.4, -0.2) is 34.8 Å². The number of halogens is 10. The summed E-state index contributed by atoms with van der Waals surface area (Å²) in [7, 11) is 0. The molecule has 0 bridgehead atoms. The number of rotatable bonds is 10. The number of carbonyl (C=O) groups excluding carboxylic acids is 5. The van der Waals surface area contributed by atoms with Gasteiger partial charge in [-0.3, -0.25) is 24.0 Å². The standard InChI is InChI=1S/2C13H8Br2O.2C13H8F2O.C13H10F2O/c14-10-7-4-8-11(15)12(10)13(16)9-5-2-1-3-6-9;14-10-6-7-11(12(15)8-10)13(16)9-4-2-1-3-5-9;2*14-10-7-5-9(6-8-10)13(16)11-3-1-2-4-12(11)15;14-13(15)8-6-11(7-9-13)12(16)10-4-2-1-3-5-10/h4*1-8H;1-8H,9H2. The second-order valence-electron chi connectivity index (χ2n) is 16.9. The molecule has 1 aliphatic rings. The molecule has 9 aromatic rings. The fourth-order valence-corrected chi connectivity index (χ4v) is 9.78. The van der Waals surface area contributed by atoms with Crippen molar-refractivity contribution < 1.29 is 50.3 Å². The summed E-state index contributed by atoms with van der Waals surface area (Å²) in [5.41, 5.74) is 4.10. The zero-order valence-corrected chi connectivity index (χ0v) is 48.0. The number of benzene rings is 9. The predicted octanol–water partition coefficient (Wildman–Crippen LogP) is 18.7. The Morgan fingerprint density at radius 1 is 0.362 bits per heavy atom. The van der Waals surface area contributed by atoms with Gasteiger partial charge in [-0.05, 0) is 163 Å². The van der Waals surface area contributed by atoms with Gasteiger partial charge in [0.2, 0.25) is 0 Å². The molecule has 0 N–H and O–H groups in total. The summed E-state index contributed by atoms with van der Waals surface area (Å²) < 4.78 is 80.9. The smallest absolute Gasteiger partial charge is 0.270 e. The second kappa shape index (κ2) is 30.1. The molecule has 402 valence electrons. The van der Waals surface area contributed by atoms with Crippen LogP contribution in [0.3, 0.4) is 0 Å². The highest BCUT2D eigenvalue weighted by atomic mass is 79.9. The van der Waals surface area contributed by atoms with Crippen LogP contribution in [0.2, 0.25) is 0 Å². The average Bonchev–Trinajstić information content (AvgIpc) is 3.46. The molecule has 0 saturated heterocycles. The SMILES string of the molecule is O=C(C1=CCC(F)(F)C=C1)c1ccccc1.O=C(c1ccc(F)cc1)c1ccccc1F.O=C(c1ccc(F)cc1)c1ccccc1F.O=C(c1ccccc1)c1c(Br)cccc1Br.O=C(c1ccccc1)c1ccc(Br)cc1Br. The number of Topliss-reactive ketones (excluding diaryl/α,β-unsaturated/α-hetero) is 1. The first kappa shape index (κ1) is 61.5. The molecule has 0 heterocycles. The molecule has 0 fully saturated rings. The van der Waals surface area contributed by atoms with E-state index >= 15 is 0 Å². The van der Waals surface area contributed by atoms with Gasteiger partial charge in [0.1, 0.15) is 23.3 Å². The van der Waals surface area contributed by atoms with Crippen molar-refractivity contribution in [3.8, 4) is 0 Å². The Morgan fingerprint density at radius 2 is 0.738 bits per heavy atom. The van der Waals surface area contributed by atoms with E-state index < -0.39 is 47.2 Å². The molecule has 0 unspecified atom stereocenters. The van der Waals surface area contributed by atoms with Crippen molar-refractivity contribution in [2.75, 3.05) is 0 Å². The number of ketones is 5. The van der Waals surface area contributed by atoms with Crippen LogP contribution in [0.1, 0.15) is 80.5 Å². The minimum atomic E-state index is -2.82. The molecule has 0 spiro atoms. The third-order valence-electron chi connectivity index (χ3n) is 11.3. The van der Waals surface area contributed by atoms with E-state index in [-0.39, 0.29) is 39.6 Å². The summed E-state index contributed by atoms with van der Waals surface area (Å²) in [6.07, 6.45) is 2.86. The first-order chi connectivity index (χ1) is 38.3. The molecule has 0 aliphatic heterocycles. The van der Waals surface area contributed by atoms with E-state index in [1.54, 1.807) is 42.5 Å². The van der Waals surface area contributed by atoms with Crippen molar-refractivity contribution >= 4 is 92.6 Å². The highest BCUT2D eigenvalue weighted by Gasteiger charge is 2.28. The lowest BCUT2D eigenvalue weighted by Crippen LogP contribution is -2.15. The number of hydrogen-bond acceptors (Lipinski definition) is 5. The Morgan fingerprint density at radius 3 is 1.14 bits per heavy atom. The minimum absolute atomic E-state index is 0.00546. The summed E-state index contributed by atoms with van der Waals surface area (Å²) in [5.74, 6) is -5.88. The van der Waals surface area contributed by atoms with E-state index in [1.165, 1.54) is 97.1 Å². The number of hydrogen-bond donors (Lipinski definition) is 0. The summed E-state index contributed by atoms with van der Waals surface area (Å²) in [5, 5.41) is 0. The number of carbonyl (C=O) groups is 5. The molecule has 0 atom stereocenters. The van der Waals surface area contributed by atoms with Gasteiger partial charge in [-0.25, -0.2) is 26.3 Å². The van der Waals surface area contributed by atoms with Gasteiger partial charge in [-0.1, -0.05) is 143 Å². The zero-order valence-electron chi connectivity index (χ0n) is 41.6. The molecule has 5 nitrogen and oxygen atoms in total. The summed E-state index contributed by atoms with van der Waals surface area (Å²) in [6, 6.07) is 59.8. The van der Waals surface area contributed by atoms with E-state index in [0.717, 1.165) is 24.0 Å². The Labute approximate surface area is 491 Å². The molecule has 1 aliphatic carbocycles. The minimum Gasteiger partial charge on any atom is -0.289 e. The van der Waals surface area contributed by atoms with E-state index in [2.05, 4.69) is 63.7 Å². The summed E-state index contributed by atoms with van der Waals surface area (Å²) in [4.78, 5) is 59.8. The maximum absolute atomic E-state index is 13.3. The first-order valence-electron chi connectivity index (χ1n) is 23.9. The van der Waals surface area contributed by atoms with Crippen molar-refractivity contribution in [3.05, 3.63) is 339 Å². The molecule has 15 heteroatoms. The van der Waals surface area contributed by atoms with Gasteiger partial charge in [0.05, 0.1) is 16.7 Å². The van der Waals surface area contributed by atoms with Crippen molar-refractivity contribution in [2.24, 2.45) is 0 Å². The van der Waals surface area contributed by atoms with Crippen molar-refractivity contribution in [1.29, 1.82) is 0 Å². The molecule has 0 amide bonds. The third-order valence-corrected chi connectivity index (χ3v) is 13.8. The van der Waals surface area contributed by atoms with Crippen LogP contribution < -0.4 is 0 Å². The van der Waals surface area contributed by atoms with Crippen molar-refractivity contribution in [3.63, 3.8) is 0 Å². The van der Waals surface area contributed by atoms with Gasteiger partial charge in [0.25, 0.3) is 5.92 Å². The molecule has 0 radical (unpaired) electrons. The molecular formula is C65H42Br4F6O5. The number of alkyl halides is 2. The van der Waals surface area contributed by atoms with Crippen LogP contribution >= 0.6 is 63.7 Å². The first-order valence-corrected chi connectivity index (χ1v) is 27.1. The topological polar surface area (TPSA) is 85.3 Å². The Balaban J connectivity index is 0.000000161. The van der Waals surface area contributed by atoms with E-state index in [0.29, 0.717) is 33.4 Å². The van der Waals surface area contributed by atoms with Crippen LogP contribution in [0.5, 0.6) is 0 Å². The molecule has 9 aromatic carbocycles. The molecule has 0 saturated carbocycles. The highest BCUT2D eigenvalue weighted by Crippen LogP contribution is 2.29. The Bertz CT molecular complexity index is 3550.